The molecular formula is C21H26N7O8PS2. The molecule has 6 N–H and O–H groups in total. The number of methoxy groups -OCH3 is 1. The Bertz CT molecular complexity index is 1310. The number of H-pyrrole nitrogens is 1. The van der Waals surface area contributed by atoms with Crippen LogP contribution in [0.1, 0.15) is 18.5 Å². The third-order valence-electron chi connectivity index (χ3n) is 6.03. The molecule has 0 saturated carbocycles. The third kappa shape index (κ3) is 5.75. The maximum Gasteiger partial charge on any atom is 0.352 e. The van der Waals surface area contributed by atoms with Crippen LogP contribution in [0, 0.1) is 0 Å². The van der Waals surface area contributed by atoms with Crippen LogP contribution in [0.2, 0.25) is 0 Å². The molecule has 18 heteroatoms. The van der Waals surface area contributed by atoms with Crippen LogP contribution in [0.3, 0.4) is 0 Å². The summed E-state index contributed by atoms with van der Waals surface area (Å²) in [6.45, 7) is 1.51. The van der Waals surface area contributed by atoms with Gasteiger partial charge < -0.3 is 30.3 Å². The molecule has 0 radical (unpaired) electrons. The second kappa shape index (κ2) is 11.8. The van der Waals surface area contributed by atoms with Crippen LogP contribution in [0.5, 0.6) is 0 Å². The molecule has 0 spiro atoms. The number of aliphatic carboxylic acids is 1. The van der Waals surface area contributed by atoms with Crippen molar-refractivity contribution in [2.75, 3.05) is 25.6 Å². The van der Waals surface area contributed by atoms with E-state index < -0.39 is 53.9 Å². The molecule has 2 aliphatic heterocycles. The van der Waals surface area contributed by atoms with Crippen molar-refractivity contribution < 1.29 is 38.2 Å². The van der Waals surface area contributed by atoms with E-state index in [0.29, 0.717) is 5.56 Å². The van der Waals surface area contributed by atoms with Gasteiger partial charge in [0.05, 0.1) is 12.8 Å². The number of benzene rings is 1. The van der Waals surface area contributed by atoms with Crippen LogP contribution in [0.15, 0.2) is 46.8 Å². The molecule has 3 unspecified atom stereocenters. The number of thioether (sulfide) groups is 2. The fourth-order valence-corrected chi connectivity index (χ4v) is 8.66. The van der Waals surface area contributed by atoms with Crippen LogP contribution in [0.25, 0.3) is 0 Å². The zero-order chi connectivity index (χ0) is 28.4. The molecular weight excluding hydrogens is 573 g/mol. The molecule has 1 saturated heterocycles. The number of carboxylic acid groups (broad SMARTS) is 1. The minimum atomic E-state index is -4.15. The Morgan fingerprint density at radius 1 is 1.41 bits per heavy atom. The first kappa shape index (κ1) is 29.2. The number of nitrogens with zero attached hydrogens (tertiary/aromatic N) is 4. The number of rotatable bonds is 12. The number of carbonyl (C=O) groups excluding carboxylic acids is 2. The molecule has 0 aliphatic carbocycles. The zero-order valence-corrected chi connectivity index (χ0v) is 23.2. The number of carbonyl (C=O) groups is 3. The Kier molecular flexibility index (Phi) is 8.80. The van der Waals surface area contributed by atoms with Crippen LogP contribution in [-0.4, -0.2) is 95.3 Å². The average Bonchev–Trinajstić information content (AvgIpc) is 3.43. The van der Waals surface area contributed by atoms with E-state index >= 15 is 0 Å². The number of aromatic amines is 1. The number of ether oxygens (including phenoxy) is 1. The first-order valence-corrected chi connectivity index (χ1v) is 15.2. The Morgan fingerprint density at radius 3 is 2.72 bits per heavy atom. The molecule has 5 atom stereocenters. The number of amides is 2. The van der Waals surface area contributed by atoms with Gasteiger partial charge >= 0.3 is 13.6 Å². The largest absolute Gasteiger partial charge is 0.477 e. The quantitative estimate of drug-likeness (QED) is 0.0958. The van der Waals surface area contributed by atoms with Gasteiger partial charge in [0.2, 0.25) is 11.1 Å². The number of hydrogen-bond acceptors (Lipinski definition) is 12. The highest BCUT2D eigenvalue weighted by Crippen LogP contribution is 2.52. The highest BCUT2D eigenvalue weighted by molar-refractivity contribution is 8.01. The SMILES string of the molecule is CCOP(=O)(O)CC(Sc1nnn[nH]1)C1=C(C(=O)O)N2C(=O)[C@](NC(=O)C(N)c3ccccc3)(OC)[C@@H]2SC1. The van der Waals surface area contributed by atoms with Crippen molar-refractivity contribution in [1.82, 2.24) is 30.8 Å². The van der Waals surface area contributed by atoms with Gasteiger partial charge in [0.1, 0.15) is 17.1 Å². The number of fused-ring (bicyclic) bond motifs is 1. The number of tetrazole rings is 1. The molecule has 3 heterocycles. The monoisotopic (exact) mass is 599 g/mol. The lowest BCUT2D eigenvalue weighted by Gasteiger charge is -2.56. The second-order valence-corrected chi connectivity index (χ2v) is 12.5. The normalized spacial score (nSPS) is 23.8. The fraction of sp³-hybridized carbons (Fsp3) is 0.429. The summed E-state index contributed by atoms with van der Waals surface area (Å²) < 4.78 is 23.1. The Morgan fingerprint density at radius 2 is 2.13 bits per heavy atom. The topological polar surface area (TPSA) is 223 Å². The van der Waals surface area contributed by atoms with Gasteiger partial charge in [-0.2, -0.15) is 0 Å². The number of β-lactam (4-membered cyclic amide) rings is 1. The molecule has 210 valence electrons. The number of aromatic nitrogens is 4. The van der Waals surface area contributed by atoms with E-state index in [4.69, 9.17) is 15.0 Å². The third-order valence-corrected chi connectivity index (χ3v) is 10.2. The number of hydrogen-bond donors (Lipinski definition) is 5. The van der Waals surface area contributed by atoms with Gasteiger partial charge in [0.25, 0.3) is 11.6 Å². The molecule has 1 aromatic heterocycles. The maximum absolute atomic E-state index is 13.5. The summed E-state index contributed by atoms with van der Waals surface area (Å²) in [7, 11) is -2.93. The number of carboxylic acids is 1. The van der Waals surface area contributed by atoms with E-state index in [0.717, 1.165) is 28.4 Å². The summed E-state index contributed by atoms with van der Waals surface area (Å²) in [5.41, 5.74) is 4.53. The van der Waals surface area contributed by atoms with E-state index in [1.165, 1.54) is 7.11 Å². The first-order chi connectivity index (χ1) is 18.5. The van der Waals surface area contributed by atoms with Gasteiger partial charge in [0.15, 0.2) is 0 Å². The highest BCUT2D eigenvalue weighted by Gasteiger charge is 2.67. The lowest BCUT2D eigenvalue weighted by Crippen LogP contribution is -2.81. The lowest BCUT2D eigenvalue weighted by molar-refractivity contribution is -0.192. The molecule has 15 nitrogen and oxygen atoms in total. The van der Waals surface area contributed by atoms with Gasteiger partial charge in [-0.3, -0.25) is 19.1 Å². The smallest absolute Gasteiger partial charge is 0.352 e. The van der Waals surface area contributed by atoms with E-state index in [1.54, 1.807) is 37.3 Å². The molecule has 0 bridgehead atoms. The highest BCUT2D eigenvalue weighted by atomic mass is 32.2. The van der Waals surface area contributed by atoms with Crippen molar-refractivity contribution in [3.63, 3.8) is 0 Å². The van der Waals surface area contributed by atoms with Gasteiger partial charge in [-0.15, -0.1) is 16.9 Å². The summed E-state index contributed by atoms with van der Waals surface area (Å²) in [6.07, 6.45) is -0.469. The Labute approximate surface area is 230 Å². The van der Waals surface area contributed by atoms with Gasteiger partial charge in [0, 0.05) is 18.1 Å². The lowest BCUT2D eigenvalue weighted by atomic mass is 9.96. The second-order valence-electron chi connectivity index (χ2n) is 8.39. The molecule has 2 amide bonds. The molecule has 1 fully saturated rings. The zero-order valence-electron chi connectivity index (χ0n) is 20.7. The van der Waals surface area contributed by atoms with Crippen LogP contribution in [-0.2, 0) is 28.2 Å². The minimum Gasteiger partial charge on any atom is -0.477 e. The molecule has 2 aromatic rings. The van der Waals surface area contributed by atoms with Crippen molar-refractivity contribution >= 4 is 48.9 Å². The molecule has 1 aromatic carbocycles. The van der Waals surface area contributed by atoms with Gasteiger partial charge in [-0.05, 0) is 28.5 Å². The van der Waals surface area contributed by atoms with Crippen molar-refractivity contribution in [3.8, 4) is 0 Å². The number of nitrogens with one attached hydrogen (secondary N) is 2. The van der Waals surface area contributed by atoms with Crippen LogP contribution < -0.4 is 11.1 Å². The van der Waals surface area contributed by atoms with E-state index in [-0.39, 0.29) is 28.8 Å². The van der Waals surface area contributed by atoms with Crippen LogP contribution >= 0.6 is 31.1 Å². The summed E-state index contributed by atoms with van der Waals surface area (Å²) in [4.78, 5) is 50.3. The van der Waals surface area contributed by atoms with Crippen molar-refractivity contribution in [3.05, 3.63) is 47.2 Å². The van der Waals surface area contributed by atoms with E-state index in [1.807, 2.05) is 0 Å². The predicted molar refractivity (Wildman–Crippen MR) is 139 cm³/mol. The Hall–Kier alpha value is -2.79. The van der Waals surface area contributed by atoms with Crippen LogP contribution in [0.4, 0.5) is 0 Å². The maximum atomic E-state index is 13.5. The summed E-state index contributed by atoms with van der Waals surface area (Å²) in [5.74, 6) is -2.93. The molecule has 2 aliphatic rings. The van der Waals surface area contributed by atoms with E-state index in [2.05, 4.69) is 25.9 Å². The summed E-state index contributed by atoms with van der Waals surface area (Å²) in [6, 6.07) is 7.42. The predicted octanol–water partition coefficient (Wildman–Crippen LogP) is 0.295. The van der Waals surface area contributed by atoms with Crippen molar-refractivity contribution in [2.45, 2.75) is 34.5 Å². The average molecular weight is 600 g/mol. The van der Waals surface area contributed by atoms with Crippen molar-refractivity contribution in [2.24, 2.45) is 5.73 Å². The van der Waals surface area contributed by atoms with Gasteiger partial charge in [-0.1, -0.05) is 42.1 Å². The minimum absolute atomic E-state index is 0.0210. The molecule has 39 heavy (non-hydrogen) atoms. The summed E-state index contributed by atoms with van der Waals surface area (Å²) >= 11 is 2.05. The number of nitrogens with two attached hydrogens (primary N) is 1. The standard InChI is InChI=1S/C21H26N7O8PS2/c1-3-36-37(33,34)9-13(39-20-24-26-27-25-20)12-10-38-19-21(35-2,18(32)28(19)15(12)17(30)31)23-16(29)14(22)11-7-5-4-6-8-11/h4-8,13-14,19H,3,9-10,22H2,1-2H3,(H,23,29)(H,30,31)(H,33,34)(H,24,25,26,27)/t13?,14?,19-,21-/m0/s1. The van der Waals surface area contributed by atoms with Crippen molar-refractivity contribution in [1.29, 1.82) is 0 Å². The van der Waals surface area contributed by atoms with Gasteiger partial charge in [-0.25, -0.2) is 9.89 Å². The first-order valence-electron chi connectivity index (χ1n) is 11.5. The fourth-order valence-electron chi connectivity index (χ4n) is 4.24. The van der Waals surface area contributed by atoms with E-state index in [9.17, 15) is 28.9 Å². The molecule has 4 rings (SSSR count). The summed E-state index contributed by atoms with van der Waals surface area (Å²) in [5, 5.41) is 24.2. The Balaban J connectivity index is 1.66.